The normalized spacial score (nSPS) is 15.0. The minimum absolute atomic E-state index is 0.734. The number of nitrogens with one attached hydrogen (secondary N) is 1. The van der Waals surface area contributed by atoms with Gasteiger partial charge in [0.15, 0.2) is 5.13 Å². The number of anilines is 2. The highest BCUT2D eigenvalue weighted by Crippen LogP contribution is 2.35. The largest absolute Gasteiger partial charge is 0.348 e. The van der Waals surface area contributed by atoms with Gasteiger partial charge in [0.2, 0.25) is 0 Å². The van der Waals surface area contributed by atoms with Crippen molar-refractivity contribution < 1.29 is 0 Å². The number of pyridine rings is 1. The minimum Gasteiger partial charge on any atom is -0.348 e. The van der Waals surface area contributed by atoms with Crippen LogP contribution < -0.4 is 10.3 Å². The second-order valence-corrected chi connectivity index (χ2v) is 7.78. The van der Waals surface area contributed by atoms with Crippen LogP contribution in [0.25, 0.3) is 10.6 Å². The van der Waals surface area contributed by atoms with Crippen molar-refractivity contribution in [3.63, 3.8) is 0 Å². The maximum Gasteiger partial charge on any atom is 0.186 e. The molecule has 1 saturated heterocycles. The Morgan fingerprint density at radius 1 is 1.12 bits per heavy atom. The summed E-state index contributed by atoms with van der Waals surface area (Å²) in [4.78, 5) is 13.8. The summed E-state index contributed by atoms with van der Waals surface area (Å²) in [5.41, 5.74) is 4.00. The van der Waals surface area contributed by atoms with Crippen LogP contribution in [0.15, 0.2) is 47.0 Å². The maximum absolute atomic E-state index is 4.92. The third-order valence-electron chi connectivity index (χ3n) is 4.05. The Labute approximate surface area is 155 Å². The molecule has 0 unspecified atom stereocenters. The van der Waals surface area contributed by atoms with Gasteiger partial charge in [-0.25, -0.2) is 9.97 Å². The fourth-order valence-electron chi connectivity index (χ4n) is 2.80. The molecule has 5 nitrogen and oxygen atoms in total. The smallest absolute Gasteiger partial charge is 0.186 e. The van der Waals surface area contributed by atoms with Crippen molar-refractivity contribution >= 4 is 39.8 Å². The first-order chi connectivity index (χ1) is 12.4. The van der Waals surface area contributed by atoms with Gasteiger partial charge >= 0.3 is 0 Å². The lowest BCUT2D eigenvalue weighted by Gasteiger charge is -2.25. The fourth-order valence-corrected chi connectivity index (χ4v) is 4.60. The Morgan fingerprint density at radius 2 is 2.04 bits per heavy atom. The molecule has 128 valence electrons. The Kier molecular flexibility index (Phi) is 5.03. The lowest BCUT2D eigenvalue weighted by atomic mass is 10.1. The second-order valence-electron chi connectivity index (χ2n) is 5.82. The van der Waals surface area contributed by atoms with E-state index in [0.717, 1.165) is 34.6 Å². The van der Waals surface area contributed by atoms with Gasteiger partial charge < -0.3 is 4.90 Å². The molecule has 3 aromatic heterocycles. The lowest BCUT2D eigenvalue weighted by molar-refractivity contribution is 0.577. The number of thiazole rings is 1. The first kappa shape index (κ1) is 16.2. The first-order valence-electron chi connectivity index (χ1n) is 8.40. The summed E-state index contributed by atoms with van der Waals surface area (Å²) in [6.45, 7) is 2.19. The van der Waals surface area contributed by atoms with Crippen molar-refractivity contribution in [1.29, 1.82) is 0 Å². The number of hydrogen-bond donors (Lipinski definition) is 1. The zero-order valence-corrected chi connectivity index (χ0v) is 15.4. The van der Waals surface area contributed by atoms with Crippen molar-refractivity contribution in [3.8, 4) is 10.6 Å². The van der Waals surface area contributed by atoms with Gasteiger partial charge in [0.1, 0.15) is 11.5 Å². The van der Waals surface area contributed by atoms with Crippen LogP contribution >= 0.6 is 22.7 Å². The van der Waals surface area contributed by atoms with Crippen molar-refractivity contribution in [2.75, 3.05) is 23.4 Å². The van der Waals surface area contributed by atoms with Gasteiger partial charge in [0, 0.05) is 19.3 Å². The average Bonchev–Trinajstić information content (AvgIpc) is 3.33. The molecule has 7 heteroatoms. The van der Waals surface area contributed by atoms with Crippen LogP contribution in [0.4, 0.5) is 10.9 Å². The fraction of sp³-hybridized carbons (Fsp3) is 0.278. The van der Waals surface area contributed by atoms with E-state index in [1.165, 1.54) is 24.1 Å². The van der Waals surface area contributed by atoms with Crippen molar-refractivity contribution in [1.82, 2.24) is 9.97 Å². The Balaban J connectivity index is 1.59. The molecule has 4 heterocycles. The molecule has 3 aromatic rings. The molecule has 0 bridgehead atoms. The van der Waals surface area contributed by atoms with Crippen LogP contribution in [0.1, 0.15) is 24.1 Å². The number of piperidine rings is 1. The summed E-state index contributed by atoms with van der Waals surface area (Å²) in [5, 5.41) is 7.54. The zero-order chi connectivity index (χ0) is 16.9. The van der Waals surface area contributed by atoms with Gasteiger partial charge in [-0.15, -0.1) is 11.3 Å². The molecule has 0 saturated carbocycles. The Bertz CT molecular complexity index is 821. The van der Waals surface area contributed by atoms with Gasteiger partial charge in [0.25, 0.3) is 0 Å². The summed E-state index contributed by atoms with van der Waals surface area (Å²) in [6, 6.07) is 9.89. The van der Waals surface area contributed by atoms with E-state index < -0.39 is 0 Å². The van der Waals surface area contributed by atoms with E-state index in [-0.39, 0.29) is 0 Å². The van der Waals surface area contributed by atoms with E-state index >= 15 is 0 Å². The molecule has 4 rings (SSSR count). The number of hydrogen-bond acceptors (Lipinski definition) is 7. The molecule has 25 heavy (non-hydrogen) atoms. The van der Waals surface area contributed by atoms with Gasteiger partial charge in [-0.2, -0.15) is 5.10 Å². The molecule has 1 aliphatic heterocycles. The van der Waals surface area contributed by atoms with Crippen LogP contribution in [-0.4, -0.2) is 29.3 Å². The zero-order valence-electron chi connectivity index (χ0n) is 13.8. The summed E-state index contributed by atoms with van der Waals surface area (Å²) in [7, 11) is 0. The topological polar surface area (TPSA) is 53.4 Å². The van der Waals surface area contributed by atoms with E-state index in [1.54, 1.807) is 28.9 Å². The van der Waals surface area contributed by atoms with Crippen LogP contribution in [0.5, 0.6) is 0 Å². The highest BCUT2D eigenvalue weighted by molar-refractivity contribution is 7.18. The van der Waals surface area contributed by atoms with Gasteiger partial charge in [-0.05, 0) is 42.8 Å². The quantitative estimate of drug-likeness (QED) is 0.523. The second kappa shape index (κ2) is 7.76. The van der Waals surface area contributed by atoms with E-state index in [0.29, 0.717) is 0 Å². The predicted octanol–water partition coefficient (Wildman–Crippen LogP) is 4.70. The predicted molar refractivity (Wildman–Crippen MR) is 107 cm³/mol. The molecular formula is C18H19N5S2. The van der Waals surface area contributed by atoms with Crippen molar-refractivity contribution in [2.24, 2.45) is 5.10 Å². The summed E-state index contributed by atoms with van der Waals surface area (Å²) < 4.78 is 0. The van der Waals surface area contributed by atoms with Gasteiger partial charge in [0.05, 0.1) is 16.0 Å². The first-order valence-corrected chi connectivity index (χ1v) is 10.1. The summed E-state index contributed by atoms with van der Waals surface area (Å²) in [6.07, 6.45) is 7.42. The molecule has 0 spiro atoms. The van der Waals surface area contributed by atoms with E-state index in [9.17, 15) is 0 Å². The van der Waals surface area contributed by atoms with Crippen LogP contribution in [0, 0.1) is 0 Å². The van der Waals surface area contributed by atoms with Crippen molar-refractivity contribution in [2.45, 2.75) is 19.3 Å². The minimum atomic E-state index is 0.734. The lowest BCUT2D eigenvalue weighted by Crippen LogP contribution is -2.29. The number of rotatable bonds is 5. The number of aromatic nitrogens is 2. The molecule has 0 atom stereocenters. The highest BCUT2D eigenvalue weighted by atomic mass is 32.1. The standard InChI is InChI=1S/C18H19N5S2/c1-4-10-23(11-5-1)18-21-17(14-7-6-12-24-14)15(25-18)13-20-22-16-8-2-3-9-19-16/h2-3,6-9,12-13H,1,4-5,10-11H2,(H,19,22). The third kappa shape index (κ3) is 3.88. The molecule has 0 aromatic carbocycles. The van der Waals surface area contributed by atoms with Gasteiger partial charge in [-0.1, -0.05) is 23.5 Å². The average molecular weight is 370 g/mol. The van der Waals surface area contributed by atoms with E-state index in [1.807, 2.05) is 24.4 Å². The maximum atomic E-state index is 4.92. The molecule has 0 amide bonds. The molecule has 0 radical (unpaired) electrons. The molecular weight excluding hydrogens is 350 g/mol. The number of hydrazone groups is 1. The summed E-state index contributed by atoms with van der Waals surface area (Å²) >= 11 is 3.42. The van der Waals surface area contributed by atoms with E-state index in [2.05, 4.69) is 37.9 Å². The molecule has 1 fully saturated rings. The number of nitrogens with zero attached hydrogens (tertiary/aromatic N) is 4. The van der Waals surface area contributed by atoms with Gasteiger partial charge in [-0.3, -0.25) is 5.43 Å². The molecule has 1 aliphatic rings. The summed E-state index contributed by atoms with van der Waals surface area (Å²) in [5.74, 6) is 0.734. The molecule has 1 N–H and O–H groups in total. The van der Waals surface area contributed by atoms with E-state index in [4.69, 9.17) is 4.98 Å². The Hall–Kier alpha value is -2.25. The Morgan fingerprint density at radius 3 is 2.80 bits per heavy atom. The van der Waals surface area contributed by atoms with Crippen LogP contribution in [0.2, 0.25) is 0 Å². The molecule has 0 aliphatic carbocycles. The monoisotopic (exact) mass is 369 g/mol. The van der Waals surface area contributed by atoms with Crippen molar-refractivity contribution in [3.05, 3.63) is 46.8 Å². The SMILES string of the molecule is C(=NNc1ccccn1)c1sc(N2CCCCC2)nc1-c1cccs1. The number of thiophene rings is 1. The highest BCUT2D eigenvalue weighted by Gasteiger charge is 2.19. The van der Waals surface area contributed by atoms with Crippen LogP contribution in [0.3, 0.4) is 0 Å². The third-order valence-corrected chi connectivity index (χ3v) is 5.98. The van der Waals surface area contributed by atoms with Crippen LogP contribution in [-0.2, 0) is 0 Å².